The van der Waals surface area contributed by atoms with Gasteiger partial charge in [-0.25, -0.2) is 5.84 Å². The van der Waals surface area contributed by atoms with E-state index in [2.05, 4.69) is 4.99 Å². The second-order valence-corrected chi connectivity index (χ2v) is 3.36. The number of halogens is 1. The zero-order valence-electron chi connectivity index (χ0n) is 9.65. The van der Waals surface area contributed by atoms with Gasteiger partial charge in [-0.15, -0.1) is 12.4 Å². The zero-order chi connectivity index (χ0) is 13.7. The van der Waals surface area contributed by atoms with Crippen LogP contribution in [0.25, 0.3) is 0 Å². The van der Waals surface area contributed by atoms with Crippen molar-refractivity contribution in [3.05, 3.63) is 17.7 Å². The van der Waals surface area contributed by atoms with Gasteiger partial charge in [0.1, 0.15) is 0 Å². The van der Waals surface area contributed by atoms with Crippen molar-refractivity contribution in [2.75, 3.05) is 6.61 Å². The first kappa shape index (κ1) is 17.0. The second-order valence-electron chi connectivity index (χ2n) is 3.36. The van der Waals surface area contributed by atoms with E-state index >= 15 is 0 Å². The fourth-order valence-electron chi connectivity index (χ4n) is 1.15. The van der Waals surface area contributed by atoms with Gasteiger partial charge in [0.25, 0.3) is 5.91 Å². The quantitative estimate of drug-likeness (QED) is 0.138. The summed E-state index contributed by atoms with van der Waals surface area (Å²) in [7, 11) is 0. The Labute approximate surface area is 114 Å². The average Bonchev–Trinajstić information content (AvgIpc) is 2.38. The van der Waals surface area contributed by atoms with Crippen LogP contribution in [-0.4, -0.2) is 45.2 Å². The Bertz CT molecular complexity index is 480. The van der Waals surface area contributed by atoms with Gasteiger partial charge < -0.3 is 20.4 Å². The van der Waals surface area contributed by atoms with Crippen LogP contribution < -0.4 is 11.3 Å². The van der Waals surface area contributed by atoms with Crippen LogP contribution in [0, 0.1) is 0 Å². The minimum Gasteiger partial charge on any atom is -0.504 e. The Hall–Kier alpha value is -2.03. The molecule has 106 valence electrons. The van der Waals surface area contributed by atoms with Crippen molar-refractivity contribution < 1.29 is 25.2 Å². The predicted octanol–water partition coefficient (Wildman–Crippen LogP) is -1.01. The summed E-state index contributed by atoms with van der Waals surface area (Å²) in [6.07, 6.45) is 1.07. The van der Waals surface area contributed by atoms with E-state index < -0.39 is 35.8 Å². The molecule has 9 heteroatoms. The molecule has 1 rings (SSSR count). The summed E-state index contributed by atoms with van der Waals surface area (Å²) in [6.45, 7) is -0.565. The number of carbonyl (C=O) groups is 1. The number of hydrazine groups is 1. The summed E-state index contributed by atoms with van der Waals surface area (Å²) in [4.78, 5) is 14.8. The van der Waals surface area contributed by atoms with Crippen molar-refractivity contribution in [1.29, 1.82) is 0 Å². The van der Waals surface area contributed by atoms with Crippen molar-refractivity contribution in [1.82, 2.24) is 5.43 Å². The van der Waals surface area contributed by atoms with Crippen LogP contribution in [0.1, 0.15) is 5.56 Å². The summed E-state index contributed by atoms with van der Waals surface area (Å²) >= 11 is 0. The van der Waals surface area contributed by atoms with Gasteiger partial charge in [0, 0.05) is 11.8 Å². The van der Waals surface area contributed by atoms with Crippen molar-refractivity contribution in [3.63, 3.8) is 0 Å². The van der Waals surface area contributed by atoms with Crippen molar-refractivity contribution >= 4 is 24.5 Å². The maximum absolute atomic E-state index is 11.1. The highest BCUT2D eigenvalue weighted by atomic mass is 35.5. The molecule has 1 atom stereocenters. The summed E-state index contributed by atoms with van der Waals surface area (Å²) in [5, 5.41) is 36.7. The topological polar surface area (TPSA) is 148 Å². The molecule has 8 nitrogen and oxygen atoms in total. The minimum atomic E-state index is -1.12. The first-order valence-corrected chi connectivity index (χ1v) is 4.89. The van der Waals surface area contributed by atoms with E-state index in [0.29, 0.717) is 0 Å². The number of hydrogen-bond acceptors (Lipinski definition) is 7. The number of nitrogens with zero attached hydrogens (tertiary/aromatic N) is 1. The van der Waals surface area contributed by atoms with Crippen LogP contribution in [0.5, 0.6) is 17.2 Å². The molecule has 1 amide bonds. The molecule has 0 aliphatic heterocycles. The fraction of sp³-hybridized carbons (Fsp3) is 0.200. The molecule has 0 fully saturated rings. The van der Waals surface area contributed by atoms with Crippen LogP contribution in [0.4, 0.5) is 0 Å². The Morgan fingerprint density at radius 1 is 1.37 bits per heavy atom. The largest absolute Gasteiger partial charge is 0.504 e. The average molecular weight is 292 g/mol. The maximum Gasteiger partial charge on any atom is 0.261 e. The number of phenolic OH excluding ortho intramolecular Hbond substituents is 3. The number of rotatable bonds is 4. The van der Waals surface area contributed by atoms with Crippen molar-refractivity contribution in [3.8, 4) is 17.2 Å². The van der Waals surface area contributed by atoms with E-state index in [1.54, 1.807) is 0 Å². The van der Waals surface area contributed by atoms with Crippen LogP contribution in [-0.2, 0) is 4.79 Å². The molecule has 1 aromatic rings. The fourth-order valence-corrected chi connectivity index (χ4v) is 1.15. The molecule has 1 unspecified atom stereocenters. The monoisotopic (exact) mass is 291 g/mol. The third-order valence-corrected chi connectivity index (χ3v) is 2.17. The molecular weight excluding hydrogens is 278 g/mol. The normalized spacial score (nSPS) is 11.9. The number of nitrogens with two attached hydrogens (primary N) is 1. The smallest absolute Gasteiger partial charge is 0.261 e. The molecule has 0 aliphatic rings. The summed E-state index contributed by atoms with van der Waals surface area (Å²) in [6, 6.07) is 1.31. The molecule has 0 saturated carbocycles. The predicted molar refractivity (Wildman–Crippen MR) is 69.5 cm³/mol. The van der Waals surface area contributed by atoms with Crippen LogP contribution in [0.2, 0.25) is 0 Å². The molecule has 1 aromatic carbocycles. The van der Waals surface area contributed by atoms with E-state index in [-0.39, 0.29) is 18.0 Å². The highest BCUT2D eigenvalue weighted by molar-refractivity contribution is 5.89. The van der Waals surface area contributed by atoms with Gasteiger partial charge in [0.2, 0.25) is 5.75 Å². The number of aliphatic imine (C=N–C) groups is 1. The highest BCUT2D eigenvalue weighted by Gasteiger charge is 2.15. The van der Waals surface area contributed by atoms with Gasteiger partial charge in [-0.1, -0.05) is 0 Å². The van der Waals surface area contributed by atoms with Crippen molar-refractivity contribution in [2.45, 2.75) is 6.04 Å². The Balaban J connectivity index is 0.00000324. The van der Waals surface area contributed by atoms with Crippen LogP contribution in [0.3, 0.4) is 0 Å². The van der Waals surface area contributed by atoms with Gasteiger partial charge in [0.15, 0.2) is 17.5 Å². The van der Waals surface area contributed by atoms with E-state index in [9.17, 15) is 15.0 Å². The van der Waals surface area contributed by atoms with Crippen LogP contribution in [0.15, 0.2) is 17.1 Å². The number of phenols is 3. The SMILES string of the molecule is Cl.NNC(=O)C(CO)N=Cc1ccc(O)c(O)c1O. The Morgan fingerprint density at radius 2 is 2.00 bits per heavy atom. The number of aliphatic hydroxyl groups excluding tert-OH is 1. The molecule has 0 aromatic heterocycles. The van der Waals surface area contributed by atoms with E-state index in [1.807, 2.05) is 5.43 Å². The zero-order valence-corrected chi connectivity index (χ0v) is 10.5. The van der Waals surface area contributed by atoms with E-state index in [1.165, 1.54) is 6.07 Å². The third-order valence-electron chi connectivity index (χ3n) is 2.17. The molecule has 0 heterocycles. The molecule has 19 heavy (non-hydrogen) atoms. The Morgan fingerprint density at radius 3 is 2.53 bits per heavy atom. The lowest BCUT2D eigenvalue weighted by Crippen LogP contribution is -2.40. The first-order valence-electron chi connectivity index (χ1n) is 4.89. The number of aromatic hydroxyl groups is 3. The molecule has 0 spiro atoms. The molecule has 0 saturated heterocycles. The first-order chi connectivity index (χ1) is 8.51. The molecule has 7 N–H and O–H groups in total. The number of amides is 1. The highest BCUT2D eigenvalue weighted by Crippen LogP contribution is 2.36. The van der Waals surface area contributed by atoms with E-state index in [4.69, 9.17) is 16.1 Å². The van der Waals surface area contributed by atoms with Crippen LogP contribution >= 0.6 is 12.4 Å². The van der Waals surface area contributed by atoms with Gasteiger partial charge >= 0.3 is 0 Å². The number of aliphatic hydroxyl groups is 1. The number of nitrogens with one attached hydrogen (secondary N) is 1. The molecular formula is C10H14ClN3O5. The van der Waals surface area contributed by atoms with Gasteiger partial charge in [0.05, 0.1) is 6.61 Å². The summed E-state index contributed by atoms with van der Waals surface area (Å²) < 4.78 is 0. The molecule has 0 bridgehead atoms. The third kappa shape index (κ3) is 3.98. The second kappa shape index (κ2) is 7.41. The van der Waals surface area contributed by atoms with E-state index in [0.717, 1.165) is 12.3 Å². The number of benzene rings is 1. The number of carbonyl (C=O) groups excluding carboxylic acids is 1. The minimum absolute atomic E-state index is 0. The Kier molecular flexibility index (Phi) is 6.62. The van der Waals surface area contributed by atoms with Gasteiger partial charge in [-0.2, -0.15) is 0 Å². The summed E-state index contributed by atoms with van der Waals surface area (Å²) in [5.74, 6) is 2.43. The lowest BCUT2D eigenvalue weighted by atomic mass is 10.2. The maximum atomic E-state index is 11.1. The van der Waals surface area contributed by atoms with Crippen molar-refractivity contribution in [2.24, 2.45) is 10.8 Å². The van der Waals surface area contributed by atoms with Gasteiger partial charge in [-0.3, -0.25) is 15.2 Å². The molecule has 0 aliphatic carbocycles. The van der Waals surface area contributed by atoms with Gasteiger partial charge in [-0.05, 0) is 12.1 Å². The lowest BCUT2D eigenvalue weighted by molar-refractivity contribution is -0.123. The summed E-state index contributed by atoms with van der Waals surface area (Å²) in [5.41, 5.74) is 1.90. The standard InChI is InChI=1S/C10H13N3O5.ClH/c11-13-10(18)6(4-14)12-3-5-1-2-7(15)9(17)8(5)16;/h1-3,6,14-17H,4,11H2,(H,13,18);1H. The number of hydrogen-bond donors (Lipinski definition) is 6. The molecule has 0 radical (unpaired) electrons. The lowest BCUT2D eigenvalue weighted by Gasteiger charge is -2.07.